The first-order chi connectivity index (χ1) is 12.9. The summed E-state index contributed by atoms with van der Waals surface area (Å²) in [6, 6.07) is 7.47. The minimum Gasteiger partial charge on any atom is -0.341 e. The second kappa shape index (κ2) is 7.86. The maximum atomic E-state index is 13.1. The number of piperidine rings is 1. The summed E-state index contributed by atoms with van der Waals surface area (Å²) in [6.45, 7) is 6.88. The Morgan fingerprint density at radius 2 is 2.04 bits per heavy atom. The molecule has 6 nitrogen and oxygen atoms in total. The number of rotatable bonds is 4. The van der Waals surface area contributed by atoms with Gasteiger partial charge in [-0.2, -0.15) is 0 Å². The molecule has 3 rings (SSSR count). The van der Waals surface area contributed by atoms with Gasteiger partial charge in [0.05, 0.1) is 11.3 Å². The highest BCUT2D eigenvalue weighted by atomic mass is 16.2. The van der Waals surface area contributed by atoms with Crippen LogP contribution in [0.3, 0.4) is 0 Å². The molecular weight excluding hydrogens is 340 g/mol. The van der Waals surface area contributed by atoms with Crippen molar-refractivity contribution in [1.29, 1.82) is 0 Å². The molecule has 1 aliphatic heterocycles. The summed E-state index contributed by atoms with van der Waals surface area (Å²) in [6.07, 6.45) is 6.74. The van der Waals surface area contributed by atoms with E-state index in [0.717, 1.165) is 24.0 Å². The molecule has 2 amide bonds. The predicted octanol–water partition coefficient (Wildman–Crippen LogP) is 2.94. The Hall–Kier alpha value is -2.76. The van der Waals surface area contributed by atoms with Crippen LogP contribution in [0.1, 0.15) is 37.8 Å². The lowest BCUT2D eigenvalue weighted by atomic mass is 9.83. The van der Waals surface area contributed by atoms with Crippen LogP contribution in [0, 0.1) is 12.8 Å². The third-order valence-electron chi connectivity index (χ3n) is 5.16. The van der Waals surface area contributed by atoms with Crippen molar-refractivity contribution < 1.29 is 9.59 Å². The van der Waals surface area contributed by atoms with E-state index in [1.165, 1.54) is 0 Å². The van der Waals surface area contributed by atoms with Gasteiger partial charge in [-0.05, 0) is 56.9 Å². The maximum absolute atomic E-state index is 13.1. The highest BCUT2D eigenvalue weighted by Gasteiger charge is 2.37. The molecule has 0 spiro atoms. The standard InChI is InChI=1S/C21H26N4O2/c1-15-8-9-18(23-12-15)24-19(26)16-6-5-11-25(14-16)20(27)21(2,3)17-7-4-10-22-13-17/h4,7-10,12-13,16H,5-6,11,14H2,1-3H3,(H,23,24,26). The molecule has 0 bridgehead atoms. The first-order valence-corrected chi connectivity index (χ1v) is 9.31. The first-order valence-electron chi connectivity index (χ1n) is 9.31. The fraction of sp³-hybridized carbons (Fsp3) is 0.429. The van der Waals surface area contributed by atoms with E-state index in [-0.39, 0.29) is 17.7 Å². The molecule has 27 heavy (non-hydrogen) atoms. The van der Waals surface area contributed by atoms with Crippen molar-refractivity contribution in [1.82, 2.24) is 14.9 Å². The average Bonchev–Trinajstić information content (AvgIpc) is 2.70. The smallest absolute Gasteiger partial charge is 0.232 e. The predicted molar refractivity (Wildman–Crippen MR) is 104 cm³/mol. The average molecular weight is 366 g/mol. The fourth-order valence-electron chi connectivity index (χ4n) is 3.40. The molecule has 142 valence electrons. The minimum atomic E-state index is -0.675. The fourth-order valence-corrected chi connectivity index (χ4v) is 3.40. The van der Waals surface area contributed by atoms with Crippen molar-refractivity contribution >= 4 is 17.6 Å². The first kappa shape index (κ1) is 19.0. The molecule has 3 heterocycles. The molecule has 0 aliphatic carbocycles. The SMILES string of the molecule is Cc1ccc(NC(=O)C2CCCN(C(=O)C(C)(C)c3cccnc3)C2)nc1. The highest BCUT2D eigenvalue weighted by molar-refractivity contribution is 5.93. The van der Waals surface area contributed by atoms with Gasteiger partial charge in [0.15, 0.2) is 0 Å². The van der Waals surface area contributed by atoms with Crippen molar-refractivity contribution in [3.63, 3.8) is 0 Å². The lowest BCUT2D eigenvalue weighted by molar-refractivity contribution is -0.139. The van der Waals surface area contributed by atoms with E-state index in [9.17, 15) is 9.59 Å². The Labute approximate surface area is 160 Å². The zero-order chi connectivity index (χ0) is 19.4. The lowest BCUT2D eigenvalue weighted by Crippen LogP contribution is -2.49. The van der Waals surface area contributed by atoms with E-state index in [2.05, 4.69) is 15.3 Å². The van der Waals surface area contributed by atoms with Crippen molar-refractivity contribution in [2.75, 3.05) is 18.4 Å². The van der Waals surface area contributed by atoms with Crippen molar-refractivity contribution in [3.05, 3.63) is 54.0 Å². The molecule has 2 aromatic heterocycles. The van der Waals surface area contributed by atoms with Gasteiger partial charge in [-0.3, -0.25) is 14.6 Å². The molecule has 0 radical (unpaired) electrons. The van der Waals surface area contributed by atoms with Crippen LogP contribution < -0.4 is 5.32 Å². The van der Waals surface area contributed by atoms with Crippen molar-refractivity contribution in [3.8, 4) is 0 Å². The van der Waals surface area contributed by atoms with Crippen LogP contribution in [0.5, 0.6) is 0 Å². The summed E-state index contributed by atoms with van der Waals surface area (Å²) in [4.78, 5) is 35.9. The summed E-state index contributed by atoms with van der Waals surface area (Å²) < 4.78 is 0. The number of aryl methyl sites for hydroxylation is 1. The number of aromatic nitrogens is 2. The Morgan fingerprint density at radius 3 is 2.70 bits per heavy atom. The van der Waals surface area contributed by atoms with Crippen LogP contribution in [0.15, 0.2) is 42.9 Å². The third kappa shape index (κ3) is 4.32. The lowest BCUT2D eigenvalue weighted by Gasteiger charge is -2.37. The number of pyridine rings is 2. The molecule has 1 N–H and O–H groups in total. The molecule has 1 aliphatic rings. The number of amides is 2. The van der Waals surface area contributed by atoms with Gasteiger partial charge in [-0.25, -0.2) is 4.98 Å². The molecule has 1 saturated heterocycles. The zero-order valence-electron chi connectivity index (χ0n) is 16.1. The van der Waals surface area contributed by atoms with Crippen LogP contribution >= 0.6 is 0 Å². The van der Waals surface area contributed by atoms with Crippen molar-refractivity contribution in [2.24, 2.45) is 5.92 Å². The van der Waals surface area contributed by atoms with Crippen LogP contribution in [-0.4, -0.2) is 39.8 Å². The van der Waals surface area contributed by atoms with Gasteiger partial charge >= 0.3 is 0 Å². The summed E-state index contributed by atoms with van der Waals surface area (Å²) in [5.41, 5.74) is 1.25. The number of nitrogens with one attached hydrogen (secondary N) is 1. The number of hydrogen-bond acceptors (Lipinski definition) is 4. The quantitative estimate of drug-likeness (QED) is 0.903. The molecule has 6 heteroatoms. The van der Waals surface area contributed by atoms with Crippen LogP contribution in [0.2, 0.25) is 0 Å². The number of carbonyl (C=O) groups excluding carboxylic acids is 2. The number of likely N-dealkylation sites (tertiary alicyclic amines) is 1. The largest absolute Gasteiger partial charge is 0.341 e. The summed E-state index contributed by atoms with van der Waals surface area (Å²) >= 11 is 0. The molecule has 1 atom stereocenters. The molecule has 1 unspecified atom stereocenters. The Balaban J connectivity index is 1.67. The number of nitrogens with zero attached hydrogens (tertiary/aromatic N) is 3. The van der Waals surface area contributed by atoms with E-state index in [1.807, 2.05) is 43.9 Å². The third-order valence-corrected chi connectivity index (χ3v) is 5.16. The highest BCUT2D eigenvalue weighted by Crippen LogP contribution is 2.28. The molecule has 0 aromatic carbocycles. The van der Waals surface area contributed by atoms with E-state index in [4.69, 9.17) is 0 Å². The van der Waals surface area contributed by atoms with Crippen molar-refractivity contribution in [2.45, 2.75) is 39.0 Å². The van der Waals surface area contributed by atoms with E-state index in [0.29, 0.717) is 18.9 Å². The number of anilines is 1. The number of carbonyl (C=O) groups is 2. The Bertz CT molecular complexity index is 803. The van der Waals surface area contributed by atoms with Crippen LogP contribution in [-0.2, 0) is 15.0 Å². The second-order valence-corrected chi connectivity index (χ2v) is 7.67. The maximum Gasteiger partial charge on any atom is 0.232 e. The Morgan fingerprint density at radius 1 is 1.22 bits per heavy atom. The topological polar surface area (TPSA) is 75.2 Å². The molecular formula is C21H26N4O2. The van der Waals surface area contributed by atoms with E-state index in [1.54, 1.807) is 24.7 Å². The van der Waals surface area contributed by atoms with Crippen LogP contribution in [0.4, 0.5) is 5.82 Å². The normalized spacial score (nSPS) is 17.4. The molecule has 0 saturated carbocycles. The monoisotopic (exact) mass is 366 g/mol. The van der Waals surface area contributed by atoms with Gasteiger partial charge in [0.2, 0.25) is 11.8 Å². The number of hydrogen-bond donors (Lipinski definition) is 1. The van der Waals surface area contributed by atoms with E-state index >= 15 is 0 Å². The van der Waals surface area contributed by atoms with Gasteiger partial charge in [0.1, 0.15) is 5.82 Å². The minimum absolute atomic E-state index is 0.0291. The summed E-state index contributed by atoms with van der Waals surface area (Å²) in [7, 11) is 0. The van der Waals surface area contributed by atoms with E-state index < -0.39 is 5.41 Å². The van der Waals surface area contributed by atoms with Gasteiger partial charge < -0.3 is 10.2 Å². The van der Waals surface area contributed by atoms with Crippen LogP contribution in [0.25, 0.3) is 0 Å². The molecule has 1 fully saturated rings. The van der Waals surface area contributed by atoms with Gasteiger partial charge in [-0.1, -0.05) is 12.1 Å². The summed E-state index contributed by atoms with van der Waals surface area (Å²) in [5, 5.41) is 2.87. The molecule has 2 aromatic rings. The van der Waals surface area contributed by atoms with Gasteiger partial charge in [0.25, 0.3) is 0 Å². The zero-order valence-corrected chi connectivity index (χ0v) is 16.1. The van der Waals surface area contributed by atoms with Gasteiger partial charge in [-0.15, -0.1) is 0 Å². The van der Waals surface area contributed by atoms with Gasteiger partial charge in [0, 0.05) is 31.7 Å². The summed E-state index contributed by atoms with van der Waals surface area (Å²) in [5.74, 6) is 0.268. The Kier molecular flexibility index (Phi) is 5.54. The second-order valence-electron chi connectivity index (χ2n) is 7.67.